The molecule has 0 amide bonds. The molecule has 2 nitrogen and oxygen atoms in total. The molecule has 1 unspecified atom stereocenters. The lowest BCUT2D eigenvalue weighted by molar-refractivity contribution is 0.553. The number of benzene rings is 1. The lowest BCUT2D eigenvalue weighted by Crippen LogP contribution is -1.96. The molecule has 0 N–H and O–H groups in total. The molecule has 2 rings (SSSR count). The maximum absolute atomic E-state index is 11.9. The van der Waals surface area contributed by atoms with Crippen LogP contribution in [0.4, 0.5) is 0 Å². The fourth-order valence-electron chi connectivity index (χ4n) is 1.03. The van der Waals surface area contributed by atoms with Crippen LogP contribution in [0.2, 0.25) is 0 Å². The van der Waals surface area contributed by atoms with E-state index in [1.54, 1.807) is 12.1 Å². The van der Waals surface area contributed by atoms with Crippen molar-refractivity contribution in [2.45, 2.75) is 11.8 Å². The number of hydrogen-bond donors (Lipinski definition) is 0. The van der Waals surface area contributed by atoms with Crippen molar-refractivity contribution in [3.63, 3.8) is 0 Å². The Bertz CT molecular complexity index is 435. The Morgan fingerprint density at radius 3 is 2.38 bits per heavy atom. The predicted octanol–water partition coefficient (Wildman–Crippen LogP) is 1.95. The van der Waals surface area contributed by atoms with E-state index in [1.165, 1.54) is 0 Å². The van der Waals surface area contributed by atoms with Crippen LogP contribution in [0.15, 0.2) is 29.2 Å². The molecule has 4 heteroatoms. The highest BCUT2D eigenvalue weighted by Gasteiger charge is 2.25. The highest BCUT2D eigenvalue weighted by molar-refractivity contribution is 8.22. The minimum atomic E-state index is -2.57. The quantitative estimate of drug-likeness (QED) is 0.408. The summed E-state index contributed by atoms with van der Waals surface area (Å²) in [4.78, 5) is 0.632. The van der Waals surface area contributed by atoms with E-state index in [2.05, 4.69) is 0 Å². The molecule has 0 saturated carbocycles. The standard InChI is InChI=1S/C9H9ClO2S/c1-7-2-4-8(5-3-7)13(10,11)9-6-12-9/h2-5H,6H2,1H3. The Balaban J connectivity index is 2.54. The Morgan fingerprint density at radius 2 is 1.92 bits per heavy atom. The maximum atomic E-state index is 11.9. The third kappa shape index (κ3) is 1.73. The number of hydrogen-bond acceptors (Lipinski definition) is 2. The first kappa shape index (κ1) is 9.06. The summed E-state index contributed by atoms with van der Waals surface area (Å²) in [6.45, 7) is 2.40. The van der Waals surface area contributed by atoms with Crippen LogP contribution >= 0.6 is 10.7 Å². The van der Waals surface area contributed by atoms with E-state index in [0.29, 0.717) is 16.6 Å². The molecule has 1 aliphatic rings. The van der Waals surface area contributed by atoms with Crippen molar-refractivity contribution in [2.24, 2.45) is 0 Å². The second kappa shape index (κ2) is 3.01. The minimum absolute atomic E-state index is 0.427. The van der Waals surface area contributed by atoms with E-state index in [9.17, 15) is 4.21 Å². The first-order valence-corrected chi connectivity index (χ1v) is 6.28. The Labute approximate surface area is 82.0 Å². The third-order valence-electron chi connectivity index (χ3n) is 1.88. The smallest absolute Gasteiger partial charge is 0.150 e. The molecular weight excluding hydrogens is 208 g/mol. The van der Waals surface area contributed by atoms with Gasteiger partial charge >= 0.3 is 0 Å². The van der Waals surface area contributed by atoms with Gasteiger partial charge in [0.2, 0.25) is 0 Å². The fraction of sp³-hybridized carbons (Fsp3) is 0.222. The van der Waals surface area contributed by atoms with Gasteiger partial charge in [0.05, 0.1) is 0 Å². The van der Waals surface area contributed by atoms with Crippen LogP contribution < -0.4 is 0 Å². The topological polar surface area (TPSA) is 29.6 Å². The van der Waals surface area contributed by atoms with Crippen molar-refractivity contribution in [2.75, 3.05) is 6.61 Å². The number of aryl methyl sites for hydroxylation is 1. The number of ether oxygens (including phenoxy) is 1. The maximum Gasteiger partial charge on any atom is 0.150 e. The van der Waals surface area contributed by atoms with E-state index in [0.717, 1.165) is 5.56 Å². The van der Waals surface area contributed by atoms with Crippen molar-refractivity contribution < 1.29 is 8.95 Å². The van der Waals surface area contributed by atoms with E-state index in [-0.39, 0.29) is 0 Å². The average molecular weight is 217 g/mol. The van der Waals surface area contributed by atoms with Gasteiger partial charge in [-0.05, 0) is 29.7 Å². The zero-order chi connectivity index (χ0) is 9.47. The average Bonchev–Trinajstić information content (AvgIpc) is 2.87. The van der Waals surface area contributed by atoms with Gasteiger partial charge < -0.3 is 4.74 Å². The lowest BCUT2D eigenvalue weighted by atomic mass is 10.2. The van der Waals surface area contributed by atoms with E-state index < -0.39 is 8.74 Å². The molecule has 1 atom stereocenters. The summed E-state index contributed by atoms with van der Waals surface area (Å²) in [5, 5.41) is 0.498. The van der Waals surface area contributed by atoms with E-state index in [1.807, 2.05) is 19.1 Å². The molecule has 0 radical (unpaired) electrons. The molecule has 1 aliphatic heterocycles. The summed E-state index contributed by atoms with van der Waals surface area (Å²) >= 11 is 0. The van der Waals surface area contributed by atoms with Crippen LogP contribution in [-0.4, -0.2) is 15.9 Å². The predicted molar refractivity (Wildman–Crippen MR) is 54.4 cm³/mol. The van der Waals surface area contributed by atoms with Crippen LogP contribution in [0.1, 0.15) is 5.56 Å². The molecule has 0 spiro atoms. The van der Waals surface area contributed by atoms with Crippen LogP contribution in [0, 0.1) is 6.92 Å². The van der Waals surface area contributed by atoms with E-state index >= 15 is 0 Å². The Kier molecular flexibility index (Phi) is 2.10. The number of epoxide rings is 1. The third-order valence-corrected chi connectivity index (χ3v) is 4.63. The fourth-order valence-corrected chi connectivity index (χ4v) is 2.71. The summed E-state index contributed by atoms with van der Waals surface area (Å²) < 4.78 is 16.7. The van der Waals surface area contributed by atoms with Gasteiger partial charge in [-0.2, -0.15) is 0 Å². The molecule has 0 bridgehead atoms. The van der Waals surface area contributed by atoms with Gasteiger partial charge in [-0.15, -0.1) is 0 Å². The Morgan fingerprint density at radius 1 is 1.38 bits per heavy atom. The molecule has 1 aromatic rings. The second-order valence-corrected chi connectivity index (χ2v) is 6.16. The zero-order valence-corrected chi connectivity index (χ0v) is 8.69. The number of rotatable bonds is 1. The summed E-state index contributed by atoms with van der Waals surface area (Å²) in [7, 11) is 3.31. The van der Waals surface area contributed by atoms with Gasteiger partial charge in [-0.25, -0.2) is 4.21 Å². The first-order chi connectivity index (χ1) is 6.10. The Hall–Kier alpha value is -0.510. The first-order valence-electron chi connectivity index (χ1n) is 3.90. The second-order valence-electron chi connectivity index (χ2n) is 2.96. The highest BCUT2D eigenvalue weighted by atomic mass is 35.7. The van der Waals surface area contributed by atoms with Gasteiger partial charge in [0.1, 0.15) is 15.3 Å². The van der Waals surface area contributed by atoms with Gasteiger partial charge in [-0.3, -0.25) is 0 Å². The van der Waals surface area contributed by atoms with Crippen molar-refractivity contribution in [1.82, 2.24) is 0 Å². The van der Waals surface area contributed by atoms with Gasteiger partial charge in [0.15, 0.2) is 5.05 Å². The molecule has 1 heterocycles. The summed E-state index contributed by atoms with van der Waals surface area (Å²) in [6.07, 6.45) is 0. The lowest BCUT2D eigenvalue weighted by Gasteiger charge is -2.00. The van der Waals surface area contributed by atoms with E-state index in [4.69, 9.17) is 15.4 Å². The minimum Gasteiger partial charge on any atom is -0.331 e. The van der Waals surface area contributed by atoms with Crippen LogP contribution in [0.5, 0.6) is 0 Å². The van der Waals surface area contributed by atoms with Crippen LogP contribution in [0.3, 0.4) is 0 Å². The summed E-state index contributed by atoms with van der Waals surface area (Å²) in [5.74, 6) is 0. The van der Waals surface area contributed by atoms with Gasteiger partial charge in [0.25, 0.3) is 0 Å². The van der Waals surface area contributed by atoms with Gasteiger partial charge in [0, 0.05) is 4.90 Å². The zero-order valence-electron chi connectivity index (χ0n) is 7.12. The number of halogens is 1. The largest absolute Gasteiger partial charge is 0.331 e. The van der Waals surface area contributed by atoms with Crippen LogP contribution in [0.25, 0.3) is 0 Å². The summed E-state index contributed by atoms with van der Waals surface area (Å²) in [6, 6.07) is 7.33. The molecule has 0 aliphatic carbocycles. The van der Waals surface area contributed by atoms with Crippen molar-refractivity contribution in [3.05, 3.63) is 29.8 Å². The van der Waals surface area contributed by atoms with Crippen molar-refractivity contribution in [3.8, 4) is 0 Å². The molecule has 70 valence electrons. The van der Waals surface area contributed by atoms with Crippen molar-refractivity contribution >= 4 is 24.5 Å². The van der Waals surface area contributed by atoms with Crippen molar-refractivity contribution in [1.29, 1.82) is 0 Å². The molecular formula is C9H9ClO2S. The van der Waals surface area contributed by atoms with Gasteiger partial charge in [-0.1, -0.05) is 17.7 Å². The molecule has 1 fully saturated rings. The molecule has 0 aromatic heterocycles. The molecule has 1 aromatic carbocycles. The molecule has 13 heavy (non-hydrogen) atoms. The monoisotopic (exact) mass is 216 g/mol. The normalized spacial score (nSPS) is 19.7. The highest BCUT2D eigenvalue weighted by Crippen LogP contribution is 2.22. The molecule has 1 saturated heterocycles. The SMILES string of the molecule is Cc1ccc(S(=O)(Cl)=C2CO2)cc1. The van der Waals surface area contributed by atoms with Crippen LogP contribution in [-0.2, 0) is 13.5 Å². The summed E-state index contributed by atoms with van der Waals surface area (Å²) in [5.41, 5.74) is 1.12.